The van der Waals surface area contributed by atoms with Crippen molar-refractivity contribution in [3.63, 3.8) is 0 Å². The molecule has 0 aliphatic rings. The number of carbonyl (C=O) groups excluding carboxylic acids is 1. The van der Waals surface area contributed by atoms with Crippen LogP contribution in [0.15, 0.2) is 60.1 Å². The molecule has 2 heterocycles. The summed E-state index contributed by atoms with van der Waals surface area (Å²) in [5.74, 6) is 0.445. The van der Waals surface area contributed by atoms with Gasteiger partial charge in [-0.3, -0.25) is 4.79 Å². The molecule has 0 fully saturated rings. The molecule has 0 saturated heterocycles. The second-order valence-electron chi connectivity index (χ2n) is 6.80. The van der Waals surface area contributed by atoms with E-state index in [-0.39, 0.29) is 11.9 Å². The van der Waals surface area contributed by atoms with Gasteiger partial charge in [0.1, 0.15) is 6.04 Å². The molecule has 0 saturated carbocycles. The van der Waals surface area contributed by atoms with Crippen molar-refractivity contribution in [2.75, 3.05) is 11.9 Å². The van der Waals surface area contributed by atoms with Gasteiger partial charge in [-0.25, -0.2) is 4.98 Å². The predicted octanol–water partition coefficient (Wildman–Crippen LogP) is 4.60. The third-order valence-corrected chi connectivity index (χ3v) is 6.16. The number of rotatable bonds is 8. The van der Waals surface area contributed by atoms with Crippen LogP contribution in [0.1, 0.15) is 48.2 Å². The molecule has 3 N–H and O–H groups in total. The lowest BCUT2D eigenvalue weighted by atomic mass is 9.95. The van der Waals surface area contributed by atoms with Gasteiger partial charge < -0.3 is 10.6 Å². The van der Waals surface area contributed by atoms with Crippen LogP contribution in [0.5, 0.6) is 0 Å². The minimum Gasteiger partial charge on any atom is -0.328 e. The number of hydrogen-bond acceptors (Lipinski definition) is 3. The maximum atomic E-state index is 12.4. The third kappa shape index (κ3) is 5.19. The first-order chi connectivity index (χ1) is 13.6. The standard InChI is InChI=1S/C22H24ClN3OS/c1-3-15(2)16-8-10-17(11-9-16)21(19-7-5-13-28-19)25-14-20(27)26-18-6-4-12-24-22(18)23/h4-13,15,21,25H,3,14H2,1-2H3,(H,26,27)/p+1/t15-,21-/m0/s1. The summed E-state index contributed by atoms with van der Waals surface area (Å²) in [5, 5.41) is 7.26. The fraction of sp³-hybridized carbons (Fsp3) is 0.273. The highest BCUT2D eigenvalue weighted by molar-refractivity contribution is 7.10. The zero-order chi connectivity index (χ0) is 19.9. The highest BCUT2D eigenvalue weighted by Crippen LogP contribution is 2.25. The quantitative estimate of drug-likeness (QED) is 0.529. The topological polar surface area (TPSA) is 58.6 Å². The molecule has 0 aliphatic carbocycles. The Morgan fingerprint density at radius 1 is 1.18 bits per heavy atom. The molecule has 28 heavy (non-hydrogen) atoms. The summed E-state index contributed by atoms with van der Waals surface area (Å²) in [6.07, 6.45) is 2.72. The monoisotopic (exact) mass is 414 g/mol. The Balaban J connectivity index is 1.71. The van der Waals surface area contributed by atoms with Crippen molar-refractivity contribution in [2.24, 2.45) is 0 Å². The number of aromatic nitrogens is 1. The van der Waals surface area contributed by atoms with Crippen LogP contribution in [0.3, 0.4) is 0 Å². The van der Waals surface area contributed by atoms with Crippen molar-refractivity contribution in [3.05, 3.63) is 81.3 Å². The number of amides is 1. The number of nitrogens with zero attached hydrogens (tertiary/aromatic N) is 1. The first-order valence-electron chi connectivity index (χ1n) is 9.45. The normalized spacial score (nSPS) is 13.1. The molecule has 1 aromatic carbocycles. The van der Waals surface area contributed by atoms with Gasteiger partial charge in [0.25, 0.3) is 5.91 Å². The number of carbonyl (C=O) groups is 1. The summed E-state index contributed by atoms with van der Waals surface area (Å²) in [6.45, 7) is 4.74. The van der Waals surface area contributed by atoms with Crippen LogP contribution in [0, 0.1) is 0 Å². The molecule has 4 nitrogen and oxygen atoms in total. The number of anilines is 1. The van der Waals surface area contributed by atoms with Crippen LogP contribution in [-0.2, 0) is 4.79 Å². The number of nitrogens with two attached hydrogens (primary N) is 1. The molecule has 1 amide bonds. The lowest BCUT2D eigenvalue weighted by molar-refractivity contribution is -0.675. The molecule has 0 aliphatic heterocycles. The van der Waals surface area contributed by atoms with Gasteiger partial charge in [-0.2, -0.15) is 0 Å². The van der Waals surface area contributed by atoms with Gasteiger partial charge in [-0.1, -0.05) is 55.8 Å². The average molecular weight is 415 g/mol. The maximum Gasteiger partial charge on any atom is 0.279 e. The Kier molecular flexibility index (Phi) is 7.20. The predicted molar refractivity (Wildman–Crippen MR) is 116 cm³/mol. The van der Waals surface area contributed by atoms with Crippen molar-refractivity contribution >= 4 is 34.5 Å². The Hall–Kier alpha value is -2.21. The van der Waals surface area contributed by atoms with Crippen molar-refractivity contribution in [1.82, 2.24) is 4.98 Å². The van der Waals surface area contributed by atoms with Gasteiger partial charge in [-0.05, 0) is 41.5 Å². The Labute approximate surface area is 175 Å². The lowest BCUT2D eigenvalue weighted by Gasteiger charge is -2.16. The molecule has 0 bridgehead atoms. The van der Waals surface area contributed by atoms with Gasteiger partial charge >= 0.3 is 0 Å². The van der Waals surface area contributed by atoms with Gasteiger partial charge in [0.15, 0.2) is 11.7 Å². The van der Waals surface area contributed by atoms with Crippen molar-refractivity contribution in [2.45, 2.75) is 32.2 Å². The summed E-state index contributed by atoms with van der Waals surface area (Å²) in [5.41, 5.74) is 3.08. The third-order valence-electron chi connectivity index (χ3n) is 4.90. The Morgan fingerprint density at radius 3 is 2.57 bits per heavy atom. The average Bonchev–Trinajstić information content (AvgIpc) is 3.24. The number of halogens is 1. The van der Waals surface area contributed by atoms with Gasteiger partial charge in [0.05, 0.1) is 10.6 Å². The fourth-order valence-electron chi connectivity index (χ4n) is 3.06. The number of thiophene rings is 1. The first kappa shape index (κ1) is 20.5. The van der Waals surface area contributed by atoms with Crippen LogP contribution in [0.25, 0.3) is 0 Å². The van der Waals surface area contributed by atoms with E-state index in [0.717, 1.165) is 6.42 Å². The molecule has 2 aromatic heterocycles. The summed E-state index contributed by atoms with van der Waals surface area (Å²) in [7, 11) is 0. The van der Waals surface area contributed by atoms with E-state index in [2.05, 4.69) is 65.2 Å². The Bertz CT molecular complexity index is 896. The molecule has 0 radical (unpaired) electrons. The SMILES string of the molecule is CC[C@H](C)c1ccc([C@H]([NH2+]CC(=O)Nc2cccnc2Cl)c2cccs2)cc1. The van der Waals surface area contributed by atoms with Crippen LogP contribution < -0.4 is 10.6 Å². The highest BCUT2D eigenvalue weighted by Gasteiger charge is 2.20. The van der Waals surface area contributed by atoms with Crippen molar-refractivity contribution < 1.29 is 10.1 Å². The number of pyridine rings is 1. The second-order valence-corrected chi connectivity index (χ2v) is 8.14. The summed E-state index contributed by atoms with van der Waals surface area (Å²) in [6, 6.07) is 16.5. The Morgan fingerprint density at radius 2 is 1.93 bits per heavy atom. The second kappa shape index (κ2) is 9.82. The van der Waals surface area contributed by atoms with Gasteiger partial charge in [0, 0.05) is 11.8 Å². The van der Waals surface area contributed by atoms with E-state index in [1.54, 1.807) is 29.7 Å². The van der Waals surface area contributed by atoms with E-state index >= 15 is 0 Å². The zero-order valence-corrected chi connectivity index (χ0v) is 17.6. The molecule has 3 aromatic rings. The number of nitrogens with one attached hydrogen (secondary N) is 1. The van der Waals surface area contributed by atoms with Crippen molar-refractivity contribution in [3.8, 4) is 0 Å². The van der Waals surface area contributed by atoms with E-state index < -0.39 is 0 Å². The summed E-state index contributed by atoms with van der Waals surface area (Å²) in [4.78, 5) is 17.6. The van der Waals surface area contributed by atoms with Gasteiger partial charge in [0.2, 0.25) is 0 Å². The molecule has 2 atom stereocenters. The van der Waals surface area contributed by atoms with E-state index in [1.807, 2.05) is 6.07 Å². The minimum absolute atomic E-state index is 0.0844. The van der Waals surface area contributed by atoms with Crippen LogP contribution in [-0.4, -0.2) is 17.4 Å². The van der Waals surface area contributed by atoms with Crippen LogP contribution >= 0.6 is 22.9 Å². The molecule has 146 valence electrons. The zero-order valence-electron chi connectivity index (χ0n) is 16.1. The molecule has 3 rings (SSSR count). The molecule has 0 spiro atoms. The molecule has 0 unspecified atom stereocenters. The first-order valence-corrected chi connectivity index (χ1v) is 10.7. The molecular formula is C22H25ClN3OS+. The van der Waals surface area contributed by atoms with Crippen molar-refractivity contribution in [1.29, 1.82) is 0 Å². The lowest BCUT2D eigenvalue weighted by Crippen LogP contribution is -2.87. The summed E-state index contributed by atoms with van der Waals surface area (Å²) >= 11 is 7.73. The number of quaternary nitrogens is 1. The largest absolute Gasteiger partial charge is 0.328 e. The van der Waals surface area contributed by atoms with E-state index in [9.17, 15) is 4.79 Å². The molecule has 6 heteroatoms. The van der Waals surface area contributed by atoms with E-state index in [4.69, 9.17) is 11.6 Å². The highest BCUT2D eigenvalue weighted by atomic mass is 35.5. The smallest absolute Gasteiger partial charge is 0.279 e. The number of benzene rings is 1. The number of hydrogen-bond donors (Lipinski definition) is 2. The van der Waals surface area contributed by atoms with Crippen LogP contribution in [0.4, 0.5) is 5.69 Å². The fourth-order valence-corrected chi connectivity index (χ4v) is 4.07. The van der Waals surface area contributed by atoms with E-state index in [0.29, 0.717) is 23.3 Å². The van der Waals surface area contributed by atoms with Gasteiger partial charge in [-0.15, -0.1) is 11.3 Å². The molecular weight excluding hydrogens is 390 g/mol. The minimum atomic E-state index is -0.104. The summed E-state index contributed by atoms with van der Waals surface area (Å²) < 4.78 is 0. The maximum absolute atomic E-state index is 12.4. The van der Waals surface area contributed by atoms with Crippen LogP contribution in [0.2, 0.25) is 5.15 Å². The van der Waals surface area contributed by atoms with E-state index in [1.165, 1.54) is 16.0 Å².